The normalized spacial score (nSPS) is 22.6. The zero-order chi connectivity index (χ0) is 24.6. The summed E-state index contributed by atoms with van der Waals surface area (Å²) in [5.41, 5.74) is 2.32. The van der Waals surface area contributed by atoms with Crippen molar-refractivity contribution in [3.8, 4) is 5.75 Å². The molecule has 1 aliphatic carbocycles. The van der Waals surface area contributed by atoms with E-state index in [9.17, 15) is 9.59 Å². The average Bonchev–Trinajstić information content (AvgIpc) is 2.85. The molecule has 1 spiro atoms. The smallest absolute Gasteiger partial charge is 0.243 e. The molecule has 0 radical (unpaired) electrons. The number of piperidine rings is 1. The molecular weight excluding hydrogens is 458 g/mol. The van der Waals surface area contributed by atoms with Crippen LogP contribution in [0.15, 0.2) is 53.4 Å². The van der Waals surface area contributed by atoms with Crippen LogP contribution in [0.4, 0.5) is 0 Å². The molecule has 0 bridgehead atoms. The van der Waals surface area contributed by atoms with Gasteiger partial charge in [-0.25, -0.2) is 0 Å². The second-order valence-electron chi connectivity index (χ2n) is 10.8. The van der Waals surface area contributed by atoms with Gasteiger partial charge in [-0.05, 0) is 48.9 Å². The van der Waals surface area contributed by atoms with E-state index in [1.165, 1.54) is 17.3 Å². The Labute approximate surface area is 211 Å². The van der Waals surface area contributed by atoms with E-state index in [-0.39, 0.29) is 11.0 Å². The van der Waals surface area contributed by atoms with Crippen molar-refractivity contribution in [2.45, 2.75) is 51.0 Å². The number of Topliss-reactive ketones (excluding diaryl/α,β-unsaturated/α-hetero) is 2. The third-order valence-corrected chi connectivity index (χ3v) is 8.39. The summed E-state index contributed by atoms with van der Waals surface area (Å²) < 4.78 is 12.6. The zero-order valence-electron chi connectivity index (χ0n) is 20.8. The third kappa shape index (κ3) is 4.91. The molecule has 1 unspecified atom stereocenters. The maximum absolute atomic E-state index is 12.7. The predicted molar refractivity (Wildman–Crippen MR) is 140 cm³/mol. The fraction of sp³-hybridized carbons (Fsp3) is 0.448. The number of benzene rings is 2. The van der Waals surface area contributed by atoms with Crippen LogP contribution < -0.4 is 4.74 Å². The molecule has 0 aromatic heterocycles. The van der Waals surface area contributed by atoms with E-state index < -0.39 is 11.6 Å². The Balaban J connectivity index is 1.19. The summed E-state index contributed by atoms with van der Waals surface area (Å²) in [5.74, 6) is 1.35. The van der Waals surface area contributed by atoms with Gasteiger partial charge in [-0.15, -0.1) is 11.8 Å². The molecule has 0 N–H and O–H groups in total. The van der Waals surface area contributed by atoms with Crippen LogP contribution >= 0.6 is 11.8 Å². The number of fused-ring (bicyclic) bond motifs is 2. The van der Waals surface area contributed by atoms with Gasteiger partial charge in [0.05, 0.1) is 6.61 Å². The van der Waals surface area contributed by atoms with Crippen molar-refractivity contribution in [3.05, 3.63) is 70.1 Å². The summed E-state index contributed by atoms with van der Waals surface area (Å²) in [6.45, 7) is 10.1. The van der Waals surface area contributed by atoms with Gasteiger partial charge in [0.2, 0.25) is 11.6 Å². The molecule has 3 aliphatic rings. The van der Waals surface area contributed by atoms with Crippen molar-refractivity contribution in [1.82, 2.24) is 4.90 Å². The topological polar surface area (TPSA) is 55.8 Å². The van der Waals surface area contributed by atoms with Gasteiger partial charge in [0.1, 0.15) is 22.0 Å². The largest absolute Gasteiger partial charge is 0.494 e. The number of ether oxygens (including phenoxy) is 2. The molecule has 2 aromatic rings. The highest BCUT2D eigenvalue weighted by Gasteiger charge is 2.46. The summed E-state index contributed by atoms with van der Waals surface area (Å²) in [4.78, 5) is 28.1. The van der Waals surface area contributed by atoms with E-state index in [2.05, 4.69) is 49.9 Å². The molecule has 35 heavy (non-hydrogen) atoms. The highest BCUT2D eigenvalue weighted by molar-refractivity contribution is 8.04. The van der Waals surface area contributed by atoms with Crippen molar-refractivity contribution in [1.29, 1.82) is 0 Å². The minimum absolute atomic E-state index is 0.140. The molecule has 1 atom stereocenters. The SMILES string of the molecule is CC(C)(C)c1ccc(OCCCN2CCCC3(CSC4=C(O3)c3ccccc3C(=O)C4=O)C2)cc1. The second-order valence-corrected chi connectivity index (χ2v) is 11.8. The summed E-state index contributed by atoms with van der Waals surface area (Å²) in [5, 5.41) is 0. The van der Waals surface area contributed by atoms with Crippen LogP contribution in [0.2, 0.25) is 0 Å². The molecule has 1 saturated heterocycles. The lowest BCUT2D eigenvalue weighted by atomic mass is 9.87. The Hall–Kier alpha value is -2.57. The Bertz CT molecular complexity index is 1160. The molecule has 6 heteroatoms. The van der Waals surface area contributed by atoms with E-state index in [4.69, 9.17) is 9.47 Å². The lowest BCUT2D eigenvalue weighted by Crippen LogP contribution is -2.53. The first-order chi connectivity index (χ1) is 16.8. The highest BCUT2D eigenvalue weighted by atomic mass is 32.2. The van der Waals surface area contributed by atoms with Crippen LogP contribution in [0, 0.1) is 0 Å². The summed E-state index contributed by atoms with van der Waals surface area (Å²) >= 11 is 1.49. The quantitative estimate of drug-likeness (QED) is 0.408. The number of hydrogen-bond donors (Lipinski definition) is 0. The van der Waals surface area contributed by atoms with E-state index >= 15 is 0 Å². The standard InChI is InChI=1S/C29H33NO4S/c1-28(2,3)20-10-12-21(13-11-20)33-17-7-16-30-15-6-14-29(18-30)19-35-27-25(32)24(31)22-8-4-5-9-23(22)26(27)34-29/h4-5,8-13H,6-7,14-19H2,1-3H3. The average molecular weight is 492 g/mol. The van der Waals surface area contributed by atoms with Crippen LogP contribution in [-0.2, 0) is 14.9 Å². The Morgan fingerprint density at radius 1 is 1.03 bits per heavy atom. The minimum Gasteiger partial charge on any atom is -0.494 e. The van der Waals surface area contributed by atoms with Crippen molar-refractivity contribution >= 4 is 29.1 Å². The van der Waals surface area contributed by atoms with Crippen LogP contribution in [0.3, 0.4) is 0 Å². The molecule has 184 valence electrons. The fourth-order valence-corrected chi connectivity index (χ4v) is 6.33. The number of carbonyl (C=O) groups excluding carboxylic acids is 2. The number of ketones is 2. The van der Waals surface area contributed by atoms with Gasteiger partial charge in [-0.3, -0.25) is 14.5 Å². The number of rotatable bonds is 5. The molecule has 5 rings (SSSR count). The molecule has 2 aromatic carbocycles. The van der Waals surface area contributed by atoms with Crippen LogP contribution in [0.25, 0.3) is 5.76 Å². The van der Waals surface area contributed by atoms with E-state index in [0.29, 0.717) is 28.6 Å². The van der Waals surface area contributed by atoms with Gasteiger partial charge in [-0.2, -0.15) is 0 Å². The van der Waals surface area contributed by atoms with E-state index in [1.54, 1.807) is 12.1 Å². The van der Waals surface area contributed by atoms with Gasteiger partial charge in [0.15, 0.2) is 0 Å². The number of nitrogens with zero attached hydrogens (tertiary/aromatic N) is 1. The van der Waals surface area contributed by atoms with Crippen LogP contribution in [0.5, 0.6) is 5.75 Å². The molecular formula is C29H33NO4S. The minimum atomic E-state index is -0.432. The third-order valence-electron chi connectivity index (χ3n) is 7.06. The molecule has 1 fully saturated rings. The highest BCUT2D eigenvalue weighted by Crippen LogP contribution is 2.46. The first kappa shape index (κ1) is 24.1. The van der Waals surface area contributed by atoms with Crippen LogP contribution in [0.1, 0.15) is 61.5 Å². The Morgan fingerprint density at radius 3 is 2.51 bits per heavy atom. The number of hydrogen-bond acceptors (Lipinski definition) is 6. The van der Waals surface area contributed by atoms with Crippen molar-refractivity contribution in [2.75, 3.05) is 32.0 Å². The van der Waals surface area contributed by atoms with E-state index in [0.717, 1.165) is 50.2 Å². The molecule has 0 amide bonds. The molecule has 0 saturated carbocycles. The second kappa shape index (κ2) is 9.47. The maximum atomic E-state index is 12.7. The Kier molecular flexibility index (Phi) is 6.53. The summed E-state index contributed by atoms with van der Waals surface area (Å²) in [7, 11) is 0. The summed E-state index contributed by atoms with van der Waals surface area (Å²) in [6.07, 6.45) is 2.94. The maximum Gasteiger partial charge on any atom is 0.243 e. The number of carbonyl (C=O) groups is 2. The predicted octanol–water partition coefficient (Wildman–Crippen LogP) is 5.49. The van der Waals surface area contributed by atoms with Gasteiger partial charge < -0.3 is 9.47 Å². The first-order valence-electron chi connectivity index (χ1n) is 12.5. The zero-order valence-corrected chi connectivity index (χ0v) is 21.6. The molecule has 5 nitrogen and oxygen atoms in total. The van der Waals surface area contributed by atoms with Gasteiger partial charge >= 0.3 is 0 Å². The van der Waals surface area contributed by atoms with Crippen molar-refractivity contribution in [2.24, 2.45) is 0 Å². The van der Waals surface area contributed by atoms with Crippen LogP contribution in [-0.4, -0.2) is 54.1 Å². The van der Waals surface area contributed by atoms with Gasteiger partial charge in [-0.1, -0.05) is 57.2 Å². The lowest BCUT2D eigenvalue weighted by molar-refractivity contribution is -0.111. The van der Waals surface area contributed by atoms with Crippen molar-refractivity contribution in [3.63, 3.8) is 0 Å². The first-order valence-corrected chi connectivity index (χ1v) is 13.4. The molecule has 2 aliphatic heterocycles. The number of thioether (sulfide) groups is 1. The Morgan fingerprint density at radius 2 is 1.77 bits per heavy atom. The molecule has 2 heterocycles. The van der Waals surface area contributed by atoms with E-state index in [1.807, 2.05) is 12.1 Å². The van der Waals surface area contributed by atoms with Crippen molar-refractivity contribution < 1.29 is 19.1 Å². The monoisotopic (exact) mass is 491 g/mol. The van der Waals surface area contributed by atoms with Gasteiger partial charge in [0.25, 0.3) is 0 Å². The van der Waals surface area contributed by atoms with Gasteiger partial charge in [0, 0.05) is 30.0 Å². The number of allylic oxidation sites excluding steroid dienone is 1. The number of likely N-dealkylation sites (tertiary alicyclic amines) is 1. The fourth-order valence-electron chi connectivity index (χ4n) is 5.12. The summed E-state index contributed by atoms with van der Waals surface area (Å²) in [6, 6.07) is 15.7. The lowest BCUT2D eigenvalue weighted by Gasteiger charge is -2.46.